The van der Waals surface area contributed by atoms with Gasteiger partial charge in [-0.05, 0) is 40.0 Å². The molecule has 0 saturated carbocycles. The molecule has 0 atom stereocenters. The lowest BCUT2D eigenvalue weighted by Crippen LogP contribution is -2.23. The third-order valence-electron chi connectivity index (χ3n) is 2.27. The third kappa shape index (κ3) is 7.11. The molecule has 0 saturated heterocycles. The lowest BCUT2D eigenvalue weighted by molar-refractivity contribution is -0.132. The number of carboxylic acids is 1. The second-order valence-corrected chi connectivity index (χ2v) is 3.61. The number of nitrogens with zero attached hydrogens (tertiary/aromatic N) is 1. The summed E-state index contributed by atoms with van der Waals surface area (Å²) in [5, 5.41) is 11.9. The van der Waals surface area contributed by atoms with E-state index in [1.807, 2.05) is 21.0 Å². The highest BCUT2D eigenvalue weighted by Crippen LogP contribution is 2.00. The Bertz CT molecular complexity index is 215. The molecule has 0 aromatic rings. The quantitative estimate of drug-likeness (QED) is 0.466. The highest BCUT2D eigenvalue weighted by molar-refractivity contribution is 5.86. The zero-order chi connectivity index (χ0) is 11.7. The van der Waals surface area contributed by atoms with Crippen LogP contribution in [0.5, 0.6) is 0 Å². The third-order valence-corrected chi connectivity index (χ3v) is 2.27. The van der Waals surface area contributed by atoms with Gasteiger partial charge >= 0.3 is 5.97 Å². The molecule has 0 spiro atoms. The summed E-state index contributed by atoms with van der Waals surface area (Å²) in [7, 11) is 3.93. The van der Waals surface area contributed by atoms with Gasteiger partial charge in [-0.15, -0.1) is 0 Å². The first-order chi connectivity index (χ1) is 7.11. The molecule has 0 aliphatic carbocycles. The van der Waals surface area contributed by atoms with Gasteiger partial charge in [0.25, 0.3) is 0 Å². The van der Waals surface area contributed by atoms with Gasteiger partial charge < -0.3 is 15.3 Å². The van der Waals surface area contributed by atoms with E-state index in [1.165, 1.54) is 0 Å². The van der Waals surface area contributed by atoms with E-state index in [9.17, 15) is 4.79 Å². The first-order valence-electron chi connectivity index (χ1n) is 5.37. The van der Waals surface area contributed by atoms with Crippen LogP contribution in [0.2, 0.25) is 0 Å². The molecule has 0 aromatic carbocycles. The summed E-state index contributed by atoms with van der Waals surface area (Å²) >= 11 is 0. The number of carboxylic acid groups (broad SMARTS) is 1. The van der Waals surface area contributed by atoms with Gasteiger partial charge in [-0.2, -0.15) is 0 Å². The van der Waals surface area contributed by atoms with Crippen molar-refractivity contribution in [3.8, 4) is 0 Å². The number of likely N-dealkylation sites (N-methyl/N-ethyl adjacent to an activating group) is 1. The molecule has 0 aliphatic heterocycles. The number of aliphatic carboxylic acids is 1. The smallest absolute Gasteiger partial charge is 0.331 e. The van der Waals surface area contributed by atoms with Crippen molar-refractivity contribution < 1.29 is 9.90 Å². The fourth-order valence-electron chi connectivity index (χ4n) is 1.27. The summed E-state index contributed by atoms with van der Waals surface area (Å²) in [4.78, 5) is 12.8. The van der Waals surface area contributed by atoms with Crippen molar-refractivity contribution >= 4 is 5.97 Å². The maximum atomic E-state index is 10.7. The molecular weight excluding hydrogens is 192 g/mol. The molecular formula is C11H22N2O2. The molecule has 4 nitrogen and oxygen atoms in total. The predicted molar refractivity (Wildman–Crippen MR) is 62.1 cm³/mol. The van der Waals surface area contributed by atoms with Gasteiger partial charge in [0.1, 0.15) is 0 Å². The minimum absolute atomic E-state index is 0.496. The summed E-state index contributed by atoms with van der Waals surface area (Å²) < 4.78 is 0. The molecule has 0 rings (SSSR count). The minimum atomic E-state index is -0.805. The normalized spacial score (nSPS) is 12.1. The van der Waals surface area contributed by atoms with Crippen LogP contribution in [0.25, 0.3) is 0 Å². The molecule has 0 heterocycles. The Morgan fingerprint density at radius 2 is 2.20 bits per heavy atom. The molecule has 0 radical (unpaired) electrons. The topological polar surface area (TPSA) is 52.6 Å². The van der Waals surface area contributed by atoms with Crippen molar-refractivity contribution in [2.75, 3.05) is 33.7 Å². The summed E-state index contributed by atoms with van der Waals surface area (Å²) in [6.07, 6.45) is 3.46. The van der Waals surface area contributed by atoms with Gasteiger partial charge in [0.05, 0.1) is 0 Å². The zero-order valence-electron chi connectivity index (χ0n) is 9.92. The van der Waals surface area contributed by atoms with Crippen LogP contribution < -0.4 is 5.32 Å². The molecule has 4 heteroatoms. The maximum Gasteiger partial charge on any atom is 0.331 e. The zero-order valence-corrected chi connectivity index (χ0v) is 9.92. The van der Waals surface area contributed by atoms with E-state index in [0.717, 1.165) is 19.5 Å². The van der Waals surface area contributed by atoms with E-state index in [0.29, 0.717) is 18.5 Å². The number of carbonyl (C=O) groups is 1. The van der Waals surface area contributed by atoms with Crippen molar-refractivity contribution in [2.24, 2.45) is 0 Å². The molecule has 88 valence electrons. The molecule has 0 unspecified atom stereocenters. The van der Waals surface area contributed by atoms with E-state index >= 15 is 0 Å². The van der Waals surface area contributed by atoms with Crippen molar-refractivity contribution in [1.29, 1.82) is 0 Å². The van der Waals surface area contributed by atoms with Crippen LogP contribution >= 0.6 is 0 Å². The van der Waals surface area contributed by atoms with E-state index in [-0.39, 0.29) is 0 Å². The van der Waals surface area contributed by atoms with E-state index < -0.39 is 5.97 Å². The minimum Gasteiger partial charge on any atom is -0.478 e. The van der Waals surface area contributed by atoms with Crippen LogP contribution in [0.4, 0.5) is 0 Å². The Morgan fingerprint density at radius 1 is 1.53 bits per heavy atom. The summed E-state index contributed by atoms with van der Waals surface area (Å²) in [5.41, 5.74) is 0.496. The van der Waals surface area contributed by atoms with Crippen LogP contribution in [0, 0.1) is 0 Å². The van der Waals surface area contributed by atoms with Gasteiger partial charge in [0, 0.05) is 12.1 Å². The van der Waals surface area contributed by atoms with Gasteiger partial charge in [0.2, 0.25) is 0 Å². The van der Waals surface area contributed by atoms with E-state index in [1.54, 1.807) is 6.08 Å². The highest BCUT2D eigenvalue weighted by Gasteiger charge is 2.04. The monoisotopic (exact) mass is 214 g/mol. The van der Waals surface area contributed by atoms with Crippen LogP contribution in [-0.2, 0) is 4.79 Å². The number of hydrogen-bond donors (Lipinski definition) is 2. The standard InChI is InChI=1S/C11H22N2O2/c1-4-10(11(14)15)6-9-13(3)8-5-7-12-2/h6,12H,4-5,7-9H2,1-3H3,(H,14,15). The number of rotatable bonds is 8. The van der Waals surface area contributed by atoms with Crippen molar-refractivity contribution in [2.45, 2.75) is 19.8 Å². The lowest BCUT2D eigenvalue weighted by Gasteiger charge is -2.14. The Hall–Kier alpha value is -0.870. The fraction of sp³-hybridized carbons (Fsp3) is 0.727. The van der Waals surface area contributed by atoms with Crippen LogP contribution in [0.1, 0.15) is 19.8 Å². The SMILES string of the molecule is CCC(=CCN(C)CCCNC)C(=O)O. The Balaban J connectivity index is 3.85. The van der Waals surface area contributed by atoms with Crippen molar-refractivity contribution in [3.05, 3.63) is 11.6 Å². The summed E-state index contributed by atoms with van der Waals surface area (Å²) in [6.45, 7) is 4.54. The van der Waals surface area contributed by atoms with Gasteiger partial charge in [-0.1, -0.05) is 13.0 Å². The molecule has 0 fully saturated rings. The Morgan fingerprint density at radius 3 is 2.67 bits per heavy atom. The average molecular weight is 214 g/mol. The fourth-order valence-corrected chi connectivity index (χ4v) is 1.27. The van der Waals surface area contributed by atoms with E-state index in [2.05, 4.69) is 10.2 Å². The van der Waals surface area contributed by atoms with Gasteiger partial charge in [-0.25, -0.2) is 4.79 Å². The molecule has 0 bridgehead atoms. The van der Waals surface area contributed by atoms with Gasteiger partial charge in [-0.3, -0.25) is 0 Å². The van der Waals surface area contributed by atoms with Crippen LogP contribution in [0.3, 0.4) is 0 Å². The first kappa shape index (κ1) is 14.1. The molecule has 0 amide bonds. The molecule has 15 heavy (non-hydrogen) atoms. The highest BCUT2D eigenvalue weighted by atomic mass is 16.4. The largest absolute Gasteiger partial charge is 0.478 e. The van der Waals surface area contributed by atoms with Crippen LogP contribution in [0.15, 0.2) is 11.6 Å². The van der Waals surface area contributed by atoms with Crippen LogP contribution in [-0.4, -0.2) is 49.7 Å². The van der Waals surface area contributed by atoms with Gasteiger partial charge in [0.15, 0.2) is 0 Å². The second kappa shape index (κ2) is 8.44. The average Bonchev–Trinajstić information content (AvgIpc) is 2.18. The Labute approximate surface area is 92.0 Å². The Kier molecular flexibility index (Phi) is 7.95. The summed E-state index contributed by atoms with van der Waals surface area (Å²) in [6, 6.07) is 0. The first-order valence-corrected chi connectivity index (χ1v) is 5.37. The maximum absolute atomic E-state index is 10.7. The molecule has 0 aromatic heterocycles. The number of hydrogen-bond acceptors (Lipinski definition) is 3. The van der Waals surface area contributed by atoms with Crippen molar-refractivity contribution in [3.63, 3.8) is 0 Å². The second-order valence-electron chi connectivity index (χ2n) is 3.61. The lowest BCUT2D eigenvalue weighted by atomic mass is 10.2. The molecule has 2 N–H and O–H groups in total. The number of nitrogens with one attached hydrogen (secondary N) is 1. The molecule has 0 aliphatic rings. The summed E-state index contributed by atoms with van der Waals surface area (Å²) in [5.74, 6) is -0.805. The predicted octanol–water partition coefficient (Wildman–Crippen LogP) is 0.949. The van der Waals surface area contributed by atoms with E-state index in [4.69, 9.17) is 5.11 Å². The van der Waals surface area contributed by atoms with Crippen molar-refractivity contribution in [1.82, 2.24) is 10.2 Å².